The molecule has 1 heterocycles. The van der Waals surface area contributed by atoms with Gasteiger partial charge < -0.3 is 9.73 Å². The maximum absolute atomic E-state index is 11.8. The molecular weight excluding hydrogens is 238 g/mol. The van der Waals surface area contributed by atoms with E-state index in [4.69, 9.17) is 16.0 Å². The van der Waals surface area contributed by atoms with Gasteiger partial charge in [-0.1, -0.05) is 12.1 Å². The Kier molecular flexibility index (Phi) is 3.83. The molecule has 2 rings (SSSR count). The normalized spacial score (nSPS) is 10.2. The highest BCUT2D eigenvalue weighted by Gasteiger charge is 2.06. The Hall–Kier alpha value is -1.74. The van der Waals surface area contributed by atoms with Gasteiger partial charge in [-0.3, -0.25) is 4.79 Å². The molecule has 0 aliphatic rings. The molecule has 0 atom stereocenters. The van der Waals surface area contributed by atoms with Crippen LogP contribution < -0.4 is 5.32 Å². The Balaban J connectivity index is 1.99. The smallest absolute Gasteiger partial charge is 0.251 e. The lowest BCUT2D eigenvalue weighted by atomic mass is 10.1. The Morgan fingerprint density at radius 2 is 2.18 bits per heavy atom. The first-order valence-corrected chi connectivity index (χ1v) is 5.78. The summed E-state index contributed by atoms with van der Waals surface area (Å²) in [5.74, 6) is 1.000. The van der Waals surface area contributed by atoms with Crippen LogP contribution in [0.15, 0.2) is 47.1 Å². The molecule has 1 amide bonds. The fourth-order valence-electron chi connectivity index (χ4n) is 1.48. The van der Waals surface area contributed by atoms with E-state index in [0.717, 1.165) is 11.3 Å². The van der Waals surface area contributed by atoms with Crippen molar-refractivity contribution in [2.24, 2.45) is 0 Å². The van der Waals surface area contributed by atoms with Gasteiger partial charge in [0.05, 0.1) is 12.8 Å². The second-order valence-corrected chi connectivity index (χ2v) is 3.86. The zero-order valence-corrected chi connectivity index (χ0v) is 9.91. The van der Waals surface area contributed by atoms with E-state index in [9.17, 15) is 4.79 Å². The molecule has 0 radical (unpaired) electrons. The molecule has 0 aliphatic heterocycles. The number of nitrogens with one attached hydrogen (secondary N) is 1. The van der Waals surface area contributed by atoms with Crippen molar-refractivity contribution in [2.75, 3.05) is 0 Å². The van der Waals surface area contributed by atoms with E-state index < -0.39 is 0 Å². The van der Waals surface area contributed by atoms with Gasteiger partial charge in [0.1, 0.15) is 5.76 Å². The van der Waals surface area contributed by atoms with Crippen LogP contribution in [0.3, 0.4) is 0 Å². The fraction of sp³-hybridized carbons (Fsp3) is 0.154. The second-order valence-electron chi connectivity index (χ2n) is 3.60. The van der Waals surface area contributed by atoms with Crippen LogP contribution in [0.25, 0.3) is 0 Å². The summed E-state index contributed by atoms with van der Waals surface area (Å²) in [6.45, 7) is 0.386. The monoisotopic (exact) mass is 249 g/mol. The average Bonchev–Trinajstić information content (AvgIpc) is 2.89. The number of halogens is 1. The van der Waals surface area contributed by atoms with Gasteiger partial charge in [-0.25, -0.2) is 0 Å². The van der Waals surface area contributed by atoms with E-state index in [2.05, 4.69) is 5.32 Å². The third-order valence-electron chi connectivity index (χ3n) is 2.35. The summed E-state index contributed by atoms with van der Waals surface area (Å²) < 4.78 is 5.13. The summed E-state index contributed by atoms with van der Waals surface area (Å²) in [5, 5.41) is 2.78. The highest BCUT2D eigenvalue weighted by Crippen LogP contribution is 2.08. The number of furan rings is 1. The van der Waals surface area contributed by atoms with Crippen LogP contribution in [0, 0.1) is 0 Å². The van der Waals surface area contributed by atoms with Crippen molar-refractivity contribution in [3.8, 4) is 0 Å². The molecule has 0 saturated heterocycles. The number of carbonyl (C=O) groups excluding carboxylic acids is 1. The molecule has 1 N–H and O–H groups in total. The molecule has 1 aromatic heterocycles. The molecule has 0 fully saturated rings. The van der Waals surface area contributed by atoms with Crippen LogP contribution in [-0.2, 0) is 12.4 Å². The van der Waals surface area contributed by atoms with Crippen LogP contribution in [0.5, 0.6) is 0 Å². The highest BCUT2D eigenvalue weighted by atomic mass is 35.5. The van der Waals surface area contributed by atoms with Gasteiger partial charge in [0.2, 0.25) is 0 Å². The van der Waals surface area contributed by atoms with Crippen molar-refractivity contribution in [3.63, 3.8) is 0 Å². The van der Waals surface area contributed by atoms with Gasteiger partial charge in [-0.15, -0.1) is 11.6 Å². The summed E-state index contributed by atoms with van der Waals surface area (Å²) in [7, 11) is 0. The topological polar surface area (TPSA) is 42.2 Å². The summed E-state index contributed by atoms with van der Waals surface area (Å²) in [6, 6.07) is 10.8. The van der Waals surface area contributed by atoms with Gasteiger partial charge in [-0.2, -0.15) is 0 Å². The predicted octanol–water partition coefficient (Wildman–Crippen LogP) is 2.95. The average molecular weight is 250 g/mol. The Morgan fingerprint density at radius 1 is 1.29 bits per heavy atom. The summed E-state index contributed by atoms with van der Waals surface area (Å²) in [6.07, 6.45) is 1.58. The molecule has 4 heteroatoms. The number of alkyl halides is 1. The largest absolute Gasteiger partial charge is 0.467 e. The summed E-state index contributed by atoms with van der Waals surface area (Å²) >= 11 is 5.72. The molecule has 17 heavy (non-hydrogen) atoms. The van der Waals surface area contributed by atoms with E-state index in [0.29, 0.717) is 18.0 Å². The number of rotatable bonds is 4. The molecule has 88 valence electrons. The lowest BCUT2D eigenvalue weighted by Crippen LogP contribution is -2.22. The van der Waals surface area contributed by atoms with Crippen molar-refractivity contribution < 1.29 is 9.21 Å². The minimum atomic E-state index is -0.131. The number of hydrogen-bond acceptors (Lipinski definition) is 2. The maximum Gasteiger partial charge on any atom is 0.251 e. The minimum absolute atomic E-state index is 0.131. The lowest BCUT2D eigenvalue weighted by molar-refractivity contribution is 0.0948. The first-order valence-electron chi connectivity index (χ1n) is 5.25. The summed E-state index contributed by atoms with van der Waals surface area (Å²) in [4.78, 5) is 11.8. The zero-order valence-electron chi connectivity index (χ0n) is 9.15. The van der Waals surface area contributed by atoms with Crippen molar-refractivity contribution in [1.82, 2.24) is 5.32 Å². The molecule has 3 nitrogen and oxygen atoms in total. The van der Waals surface area contributed by atoms with Crippen LogP contribution in [-0.4, -0.2) is 5.91 Å². The van der Waals surface area contributed by atoms with Gasteiger partial charge in [0.15, 0.2) is 0 Å². The molecule has 2 aromatic rings. The van der Waals surface area contributed by atoms with Crippen LogP contribution >= 0.6 is 11.6 Å². The Morgan fingerprint density at radius 3 is 2.88 bits per heavy atom. The SMILES string of the molecule is O=C(NCc1ccco1)c1cccc(CCl)c1. The molecular formula is C13H12ClNO2. The van der Waals surface area contributed by atoms with E-state index in [1.165, 1.54) is 0 Å². The summed E-state index contributed by atoms with van der Waals surface area (Å²) in [5.41, 5.74) is 1.53. The first-order chi connectivity index (χ1) is 8.29. The molecule has 0 bridgehead atoms. The van der Waals surface area contributed by atoms with Crippen molar-refractivity contribution in [3.05, 3.63) is 59.5 Å². The van der Waals surface area contributed by atoms with Crippen molar-refractivity contribution >= 4 is 17.5 Å². The van der Waals surface area contributed by atoms with Crippen molar-refractivity contribution in [1.29, 1.82) is 0 Å². The first kappa shape index (κ1) is 11.7. The fourth-order valence-corrected chi connectivity index (χ4v) is 1.64. The molecule has 1 aromatic carbocycles. The third kappa shape index (κ3) is 3.11. The van der Waals surface area contributed by atoms with Crippen LogP contribution in [0.1, 0.15) is 21.7 Å². The quantitative estimate of drug-likeness (QED) is 0.847. The predicted molar refractivity (Wildman–Crippen MR) is 65.9 cm³/mol. The number of hydrogen-bond donors (Lipinski definition) is 1. The highest BCUT2D eigenvalue weighted by molar-refractivity contribution is 6.17. The standard InChI is InChI=1S/C13H12ClNO2/c14-8-10-3-1-4-11(7-10)13(16)15-9-12-5-2-6-17-12/h1-7H,8-9H2,(H,15,16). The molecule has 0 spiro atoms. The lowest BCUT2D eigenvalue weighted by Gasteiger charge is -2.04. The van der Waals surface area contributed by atoms with Gasteiger partial charge >= 0.3 is 0 Å². The molecule has 0 unspecified atom stereocenters. The van der Waals surface area contributed by atoms with E-state index in [1.807, 2.05) is 18.2 Å². The minimum Gasteiger partial charge on any atom is -0.467 e. The van der Waals surface area contributed by atoms with E-state index in [-0.39, 0.29) is 5.91 Å². The van der Waals surface area contributed by atoms with Crippen LogP contribution in [0.2, 0.25) is 0 Å². The Bertz CT molecular complexity index is 494. The van der Waals surface area contributed by atoms with Crippen LogP contribution in [0.4, 0.5) is 0 Å². The van der Waals surface area contributed by atoms with Gasteiger partial charge in [-0.05, 0) is 29.8 Å². The molecule has 0 saturated carbocycles. The Labute approximate surface area is 104 Å². The number of amides is 1. The number of carbonyl (C=O) groups is 1. The van der Waals surface area contributed by atoms with E-state index >= 15 is 0 Å². The number of benzene rings is 1. The second kappa shape index (κ2) is 5.55. The molecule has 0 aliphatic carbocycles. The van der Waals surface area contributed by atoms with Crippen molar-refractivity contribution in [2.45, 2.75) is 12.4 Å². The van der Waals surface area contributed by atoms with Gasteiger partial charge in [0, 0.05) is 11.4 Å². The zero-order chi connectivity index (χ0) is 12.1. The van der Waals surface area contributed by atoms with E-state index in [1.54, 1.807) is 24.5 Å². The third-order valence-corrected chi connectivity index (χ3v) is 2.66. The van der Waals surface area contributed by atoms with Gasteiger partial charge in [0.25, 0.3) is 5.91 Å². The maximum atomic E-state index is 11.8.